The molecular formula is C10H24N4O2S. The van der Waals surface area contributed by atoms with Crippen LogP contribution in [0.5, 0.6) is 0 Å². The van der Waals surface area contributed by atoms with E-state index in [0.717, 1.165) is 0 Å². The highest BCUT2D eigenvalue weighted by Crippen LogP contribution is 2.05. The summed E-state index contributed by atoms with van der Waals surface area (Å²) in [5, 5.41) is 7.28. The van der Waals surface area contributed by atoms with Gasteiger partial charge in [0.1, 0.15) is 0 Å². The van der Waals surface area contributed by atoms with Crippen LogP contribution in [0.3, 0.4) is 0 Å². The van der Waals surface area contributed by atoms with Crippen molar-refractivity contribution in [3.8, 4) is 0 Å². The first kappa shape index (κ1) is 16.3. The van der Waals surface area contributed by atoms with Crippen LogP contribution < -0.4 is 10.5 Å². The lowest BCUT2D eigenvalue weighted by Crippen LogP contribution is -2.45. The largest absolute Gasteiger partial charge is 0.387 e. The minimum absolute atomic E-state index is 0.00232. The van der Waals surface area contributed by atoms with E-state index in [0.29, 0.717) is 13.1 Å². The summed E-state index contributed by atoms with van der Waals surface area (Å²) in [6.45, 7) is 8.40. The second-order valence-electron chi connectivity index (χ2n) is 4.55. The lowest BCUT2D eigenvalue weighted by atomic mass is 10.1. The van der Waals surface area contributed by atoms with Gasteiger partial charge in [-0.3, -0.25) is 5.41 Å². The van der Waals surface area contributed by atoms with E-state index in [-0.39, 0.29) is 24.2 Å². The predicted octanol–water partition coefficient (Wildman–Crippen LogP) is 0.371. The summed E-state index contributed by atoms with van der Waals surface area (Å²) in [7, 11) is -3.46. The zero-order valence-electron chi connectivity index (χ0n) is 11.0. The SMILES string of the molecule is CCN(CC(C)C(=N)N)S(=O)(=O)NCC(C)C. The smallest absolute Gasteiger partial charge is 0.279 e. The van der Waals surface area contributed by atoms with Crippen LogP contribution in [0.25, 0.3) is 0 Å². The van der Waals surface area contributed by atoms with Gasteiger partial charge in [-0.15, -0.1) is 0 Å². The highest BCUT2D eigenvalue weighted by Gasteiger charge is 2.22. The van der Waals surface area contributed by atoms with Crippen molar-refractivity contribution in [2.75, 3.05) is 19.6 Å². The quantitative estimate of drug-likeness (QED) is 0.436. The molecule has 0 aromatic rings. The minimum Gasteiger partial charge on any atom is -0.387 e. The van der Waals surface area contributed by atoms with E-state index < -0.39 is 10.2 Å². The molecule has 4 N–H and O–H groups in total. The lowest BCUT2D eigenvalue weighted by Gasteiger charge is -2.24. The Bertz CT molecular complexity index is 340. The molecule has 102 valence electrons. The minimum atomic E-state index is -3.46. The Balaban J connectivity index is 4.58. The number of nitrogens with zero attached hydrogens (tertiary/aromatic N) is 1. The number of nitrogens with one attached hydrogen (secondary N) is 2. The fraction of sp³-hybridized carbons (Fsp3) is 0.900. The molecule has 0 bridgehead atoms. The Morgan fingerprint density at radius 2 is 1.94 bits per heavy atom. The molecule has 1 unspecified atom stereocenters. The molecule has 7 heteroatoms. The molecule has 17 heavy (non-hydrogen) atoms. The van der Waals surface area contributed by atoms with Crippen LogP contribution in [0, 0.1) is 17.2 Å². The Morgan fingerprint density at radius 3 is 2.29 bits per heavy atom. The molecule has 0 rings (SSSR count). The Labute approximate surface area is 104 Å². The average Bonchev–Trinajstić information content (AvgIpc) is 2.22. The molecule has 0 saturated carbocycles. The number of hydrogen-bond donors (Lipinski definition) is 3. The molecule has 0 aromatic carbocycles. The first-order chi connectivity index (χ1) is 7.70. The van der Waals surface area contributed by atoms with Gasteiger partial charge in [0.05, 0.1) is 5.84 Å². The normalized spacial score (nSPS) is 14.2. The zero-order chi connectivity index (χ0) is 13.6. The van der Waals surface area contributed by atoms with Crippen LogP contribution in [0.2, 0.25) is 0 Å². The van der Waals surface area contributed by atoms with Gasteiger partial charge in [-0.2, -0.15) is 12.7 Å². The number of nitrogens with two attached hydrogens (primary N) is 1. The Morgan fingerprint density at radius 1 is 1.41 bits per heavy atom. The summed E-state index contributed by atoms with van der Waals surface area (Å²) in [5.74, 6) is -0.0122. The molecule has 0 aliphatic carbocycles. The van der Waals surface area contributed by atoms with Gasteiger partial charge in [0.25, 0.3) is 10.2 Å². The van der Waals surface area contributed by atoms with Crippen molar-refractivity contribution in [2.45, 2.75) is 27.7 Å². The summed E-state index contributed by atoms with van der Waals surface area (Å²) >= 11 is 0. The van der Waals surface area contributed by atoms with Crippen molar-refractivity contribution in [2.24, 2.45) is 17.6 Å². The van der Waals surface area contributed by atoms with E-state index in [1.54, 1.807) is 13.8 Å². The molecule has 0 spiro atoms. The van der Waals surface area contributed by atoms with Crippen LogP contribution in [-0.2, 0) is 10.2 Å². The molecular weight excluding hydrogens is 240 g/mol. The van der Waals surface area contributed by atoms with Crippen LogP contribution in [0.15, 0.2) is 0 Å². The number of hydrogen-bond acceptors (Lipinski definition) is 3. The van der Waals surface area contributed by atoms with Crippen molar-refractivity contribution in [1.82, 2.24) is 9.03 Å². The molecule has 0 saturated heterocycles. The molecule has 0 aliphatic rings. The Hall–Kier alpha value is -0.660. The summed E-state index contributed by atoms with van der Waals surface area (Å²) < 4.78 is 27.7. The highest BCUT2D eigenvalue weighted by molar-refractivity contribution is 7.87. The predicted molar refractivity (Wildman–Crippen MR) is 70.1 cm³/mol. The van der Waals surface area contributed by atoms with E-state index >= 15 is 0 Å². The first-order valence-corrected chi connectivity index (χ1v) is 7.23. The van der Waals surface area contributed by atoms with Gasteiger partial charge in [-0.25, -0.2) is 4.72 Å². The molecule has 6 nitrogen and oxygen atoms in total. The third-order valence-electron chi connectivity index (χ3n) is 2.38. The fourth-order valence-electron chi connectivity index (χ4n) is 1.16. The molecule has 0 amide bonds. The van der Waals surface area contributed by atoms with Gasteiger partial charge in [0.2, 0.25) is 0 Å². The van der Waals surface area contributed by atoms with Gasteiger partial charge in [-0.05, 0) is 5.92 Å². The maximum atomic E-state index is 11.9. The van der Waals surface area contributed by atoms with E-state index in [1.165, 1.54) is 4.31 Å². The molecule has 0 aromatic heterocycles. The van der Waals surface area contributed by atoms with Gasteiger partial charge in [0, 0.05) is 25.6 Å². The molecule has 0 aliphatic heterocycles. The molecule has 0 fully saturated rings. The van der Waals surface area contributed by atoms with Crippen molar-refractivity contribution in [3.63, 3.8) is 0 Å². The summed E-state index contributed by atoms with van der Waals surface area (Å²) in [5.41, 5.74) is 5.35. The van der Waals surface area contributed by atoms with Crippen LogP contribution in [0.1, 0.15) is 27.7 Å². The van der Waals surface area contributed by atoms with Gasteiger partial charge in [0.15, 0.2) is 0 Å². The van der Waals surface area contributed by atoms with Crippen LogP contribution >= 0.6 is 0 Å². The lowest BCUT2D eigenvalue weighted by molar-refractivity contribution is 0.393. The van der Waals surface area contributed by atoms with Crippen LogP contribution in [0.4, 0.5) is 0 Å². The van der Waals surface area contributed by atoms with Gasteiger partial charge >= 0.3 is 0 Å². The summed E-state index contributed by atoms with van der Waals surface area (Å²) in [6.07, 6.45) is 0. The topological polar surface area (TPSA) is 99.3 Å². The van der Waals surface area contributed by atoms with Gasteiger partial charge < -0.3 is 5.73 Å². The van der Waals surface area contributed by atoms with E-state index in [4.69, 9.17) is 11.1 Å². The van der Waals surface area contributed by atoms with Crippen molar-refractivity contribution < 1.29 is 8.42 Å². The average molecular weight is 264 g/mol. The van der Waals surface area contributed by atoms with Gasteiger partial charge in [-0.1, -0.05) is 27.7 Å². The van der Waals surface area contributed by atoms with E-state index in [1.807, 2.05) is 13.8 Å². The van der Waals surface area contributed by atoms with Crippen molar-refractivity contribution in [1.29, 1.82) is 5.41 Å². The Kier molecular flexibility index (Phi) is 6.66. The standard InChI is InChI=1S/C10H24N4O2S/c1-5-14(7-9(4)10(11)12)17(15,16)13-6-8(2)3/h8-9,13H,5-7H2,1-4H3,(H3,11,12). The maximum absolute atomic E-state index is 11.9. The third kappa shape index (κ3) is 5.99. The molecule has 0 radical (unpaired) electrons. The first-order valence-electron chi connectivity index (χ1n) is 5.79. The summed E-state index contributed by atoms with van der Waals surface area (Å²) in [4.78, 5) is 0. The van der Waals surface area contributed by atoms with Crippen LogP contribution in [-0.4, -0.2) is 38.2 Å². The van der Waals surface area contributed by atoms with Crippen molar-refractivity contribution in [3.05, 3.63) is 0 Å². The fourth-order valence-corrected chi connectivity index (χ4v) is 2.65. The number of rotatable bonds is 8. The maximum Gasteiger partial charge on any atom is 0.279 e. The van der Waals surface area contributed by atoms with E-state index in [9.17, 15) is 8.42 Å². The molecule has 0 heterocycles. The third-order valence-corrected chi connectivity index (χ3v) is 3.99. The summed E-state index contributed by atoms with van der Waals surface area (Å²) in [6, 6.07) is 0. The second kappa shape index (κ2) is 6.93. The monoisotopic (exact) mass is 264 g/mol. The van der Waals surface area contributed by atoms with E-state index in [2.05, 4.69) is 4.72 Å². The van der Waals surface area contributed by atoms with Crippen molar-refractivity contribution >= 4 is 16.0 Å². The zero-order valence-corrected chi connectivity index (χ0v) is 11.8. The highest BCUT2D eigenvalue weighted by atomic mass is 32.2. The number of amidine groups is 1. The molecule has 1 atom stereocenters. The second-order valence-corrected chi connectivity index (χ2v) is 6.31.